The first-order valence-corrected chi connectivity index (χ1v) is 10.3. The third-order valence-electron chi connectivity index (χ3n) is 3.59. The fraction of sp³-hybridized carbons (Fsp3) is 0.250. The van der Waals surface area contributed by atoms with Crippen molar-refractivity contribution in [2.75, 3.05) is 11.9 Å². The molecule has 0 fully saturated rings. The zero-order valence-corrected chi connectivity index (χ0v) is 16.9. The van der Waals surface area contributed by atoms with Crippen molar-refractivity contribution in [2.45, 2.75) is 30.9 Å². The van der Waals surface area contributed by atoms with Crippen molar-refractivity contribution in [1.82, 2.24) is 4.98 Å². The SMILES string of the molecule is CCOC(=O)c1ccc2nc(NC(=O)c3cccc(SC(C)C)c3)sc2c1. The van der Waals surface area contributed by atoms with E-state index in [1.165, 1.54) is 11.3 Å². The Labute approximate surface area is 166 Å². The van der Waals surface area contributed by atoms with Gasteiger partial charge in [-0.15, -0.1) is 11.8 Å². The van der Waals surface area contributed by atoms with Gasteiger partial charge in [-0.25, -0.2) is 9.78 Å². The number of thiazole rings is 1. The summed E-state index contributed by atoms with van der Waals surface area (Å²) in [6, 6.07) is 12.7. The Morgan fingerprint density at radius 1 is 1.19 bits per heavy atom. The van der Waals surface area contributed by atoms with E-state index in [9.17, 15) is 9.59 Å². The van der Waals surface area contributed by atoms with E-state index < -0.39 is 0 Å². The number of thioether (sulfide) groups is 1. The molecule has 0 bridgehead atoms. The summed E-state index contributed by atoms with van der Waals surface area (Å²) >= 11 is 3.04. The van der Waals surface area contributed by atoms with Crippen LogP contribution in [0.15, 0.2) is 47.4 Å². The highest BCUT2D eigenvalue weighted by Crippen LogP contribution is 2.28. The van der Waals surface area contributed by atoms with Gasteiger partial charge < -0.3 is 4.74 Å². The summed E-state index contributed by atoms with van der Waals surface area (Å²) in [5.41, 5.74) is 1.80. The number of benzene rings is 2. The molecule has 0 aliphatic heterocycles. The molecule has 3 rings (SSSR count). The summed E-state index contributed by atoms with van der Waals surface area (Å²) < 4.78 is 5.84. The van der Waals surface area contributed by atoms with Crippen LogP contribution < -0.4 is 5.32 Å². The van der Waals surface area contributed by atoms with Gasteiger partial charge in [0.25, 0.3) is 5.91 Å². The smallest absolute Gasteiger partial charge is 0.338 e. The highest BCUT2D eigenvalue weighted by atomic mass is 32.2. The van der Waals surface area contributed by atoms with Gasteiger partial charge in [0.2, 0.25) is 0 Å². The molecule has 0 saturated carbocycles. The summed E-state index contributed by atoms with van der Waals surface area (Å²) in [4.78, 5) is 29.9. The molecule has 1 aromatic heterocycles. The first kappa shape index (κ1) is 19.4. The van der Waals surface area contributed by atoms with Gasteiger partial charge >= 0.3 is 5.97 Å². The molecule has 7 heteroatoms. The van der Waals surface area contributed by atoms with E-state index in [1.807, 2.05) is 18.2 Å². The average Bonchev–Trinajstić information content (AvgIpc) is 3.02. The lowest BCUT2D eigenvalue weighted by Crippen LogP contribution is -2.11. The van der Waals surface area contributed by atoms with Gasteiger partial charge in [0.1, 0.15) is 0 Å². The molecule has 27 heavy (non-hydrogen) atoms. The number of fused-ring (bicyclic) bond motifs is 1. The van der Waals surface area contributed by atoms with Gasteiger partial charge in [-0.1, -0.05) is 31.3 Å². The van der Waals surface area contributed by atoms with E-state index in [0.717, 1.165) is 15.1 Å². The first-order chi connectivity index (χ1) is 13.0. The molecule has 2 aromatic carbocycles. The van der Waals surface area contributed by atoms with Gasteiger partial charge in [0.15, 0.2) is 5.13 Å². The minimum Gasteiger partial charge on any atom is -0.462 e. The second-order valence-corrected chi connectivity index (χ2v) is 8.75. The fourth-order valence-electron chi connectivity index (χ4n) is 2.47. The van der Waals surface area contributed by atoms with Gasteiger partial charge in [-0.2, -0.15) is 0 Å². The zero-order chi connectivity index (χ0) is 19.4. The van der Waals surface area contributed by atoms with Crippen LogP contribution in [0.4, 0.5) is 5.13 Å². The molecule has 0 aliphatic carbocycles. The average molecular weight is 401 g/mol. The maximum Gasteiger partial charge on any atom is 0.338 e. The number of aromatic nitrogens is 1. The van der Waals surface area contributed by atoms with Crippen molar-refractivity contribution in [2.24, 2.45) is 0 Å². The minimum absolute atomic E-state index is 0.203. The normalized spacial score (nSPS) is 11.0. The van der Waals surface area contributed by atoms with Crippen LogP contribution >= 0.6 is 23.1 Å². The standard InChI is InChI=1S/C20H20N2O3S2/c1-4-25-19(24)14-8-9-16-17(11-14)27-20(21-16)22-18(23)13-6-5-7-15(10-13)26-12(2)3/h5-12H,4H2,1-3H3,(H,21,22,23). The summed E-state index contributed by atoms with van der Waals surface area (Å²) in [5, 5.41) is 3.79. The summed E-state index contributed by atoms with van der Waals surface area (Å²) in [7, 11) is 0. The Morgan fingerprint density at radius 3 is 2.74 bits per heavy atom. The monoisotopic (exact) mass is 400 g/mol. The Morgan fingerprint density at radius 2 is 2.00 bits per heavy atom. The van der Waals surface area contributed by atoms with Crippen molar-refractivity contribution < 1.29 is 14.3 Å². The molecule has 0 saturated heterocycles. The van der Waals surface area contributed by atoms with E-state index in [1.54, 1.807) is 43.0 Å². The second kappa shape index (κ2) is 8.54. The van der Waals surface area contributed by atoms with Crippen LogP contribution in [0.25, 0.3) is 10.2 Å². The summed E-state index contributed by atoms with van der Waals surface area (Å²) in [6.45, 7) is 6.33. The van der Waals surface area contributed by atoms with Gasteiger partial charge in [0, 0.05) is 15.7 Å². The number of anilines is 1. The van der Waals surface area contributed by atoms with Gasteiger partial charge in [-0.3, -0.25) is 10.1 Å². The third kappa shape index (κ3) is 4.87. The predicted molar refractivity (Wildman–Crippen MR) is 111 cm³/mol. The Hall–Kier alpha value is -2.38. The quantitative estimate of drug-likeness (QED) is 0.453. The molecule has 140 valence electrons. The largest absolute Gasteiger partial charge is 0.462 e. The highest BCUT2D eigenvalue weighted by Gasteiger charge is 2.13. The van der Waals surface area contributed by atoms with E-state index in [-0.39, 0.29) is 11.9 Å². The highest BCUT2D eigenvalue weighted by molar-refractivity contribution is 7.99. The van der Waals surface area contributed by atoms with E-state index >= 15 is 0 Å². The number of hydrogen-bond donors (Lipinski definition) is 1. The van der Waals surface area contributed by atoms with Crippen molar-refractivity contribution in [3.63, 3.8) is 0 Å². The summed E-state index contributed by atoms with van der Waals surface area (Å²) in [5.74, 6) is -0.566. The fourth-order valence-corrected chi connectivity index (χ4v) is 4.27. The molecule has 0 atom stereocenters. The molecule has 1 N–H and O–H groups in total. The molecule has 0 unspecified atom stereocenters. The number of carbonyl (C=O) groups is 2. The molecule has 5 nitrogen and oxygen atoms in total. The molecular formula is C20H20N2O3S2. The number of nitrogens with one attached hydrogen (secondary N) is 1. The lowest BCUT2D eigenvalue weighted by atomic mass is 10.2. The van der Waals surface area contributed by atoms with E-state index in [2.05, 4.69) is 24.1 Å². The minimum atomic E-state index is -0.363. The topological polar surface area (TPSA) is 68.3 Å². The van der Waals surface area contributed by atoms with Crippen LogP contribution in [-0.2, 0) is 4.74 Å². The van der Waals surface area contributed by atoms with Crippen molar-refractivity contribution in [3.8, 4) is 0 Å². The van der Waals surface area contributed by atoms with E-state index in [4.69, 9.17) is 4.74 Å². The molecule has 1 amide bonds. The molecule has 3 aromatic rings. The number of ether oxygens (including phenoxy) is 1. The molecule has 0 aliphatic rings. The maximum atomic E-state index is 12.6. The number of amides is 1. The van der Waals surface area contributed by atoms with Crippen LogP contribution in [0.5, 0.6) is 0 Å². The second-order valence-electron chi connectivity index (χ2n) is 6.07. The summed E-state index contributed by atoms with van der Waals surface area (Å²) in [6.07, 6.45) is 0. The number of nitrogens with zero attached hydrogens (tertiary/aromatic N) is 1. The zero-order valence-electron chi connectivity index (χ0n) is 15.3. The Bertz CT molecular complexity index is 982. The van der Waals surface area contributed by atoms with E-state index in [0.29, 0.717) is 28.1 Å². The predicted octanol–water partition coefficient (Wildman–Crippen LogP) is 5.23. The van der Waals surface area contributed by atoms with Crippen molar-refractivity contribution in [3.05, 3.63) is 53.6 Å². The van der Waals surface area contributed by atoms with Crippen LogP contribution in [0, 0.1) is 0 Å². The van der Waals surface area contributed by atoms with Gasteiger partial charge in [-0.05, 0) is 43.3 Å². The number of esters is 1. The van der Waals surface area contributed by atoms with Gasteiger partial charge in [0.05, 0.1) is 22.4 Å². The van der Waals surface area contributed by atoms with Crippen LogP contribution in [0.2, 0.25) is 0 Å². The molecule has 0 spiro atoms. The van der Waals surface area contributed by atoms with Crippen LogP contribution in [0.1, 0.15) is 41.5 Å². The van der Waals surface area contributed by atoms with Crippen molar-refractivity contribution >= 4 is 50.3 Å². The molecule has 0 radical (unpaired) electrons. The number of carbonyl (C=O) groups excluding carboxylic acids is 2. The first-order valence-electron chi connectivity index (χ1n) is 8.62. The molecule has 1 heterocycles. The number of rotatable bonds is 6. The lowest BCUT2D eigenvalue weighted by molar-refractivity contribution is 0.0526. The third-order valence-corrected chi connectivity index (χ3v) is 5.52. The van der Waals surface area contributed by atoms with Crippen LogP contribution in [-0.4, -0.2) is 28.7 Å². The lowest BCUT2D eigenvalue weighted by Gasteiger charge is -2.07. The number of hydrogen-bond acceptors (Lipinski definition) is 6. The molecular weight excluding hydrogens is 380 g/mol. The Kier molecular flexibility index (Phi) is 6.13. The van der Waals surface area contributed by atoms with Crippen molar-refractivity contribution in [1.29, 1.82) is 0 Å². The maximum absolute atomic E-state index is 12.6. The van der Waals surface area contributed by atoms with Crippen LogP contribution in [0.3, 0.4) is 0 Å². The Balaban J connectivity index is 1.78.